The number of thiophene rings is 1. The van der Waals surface area contributed by atoms with Crippen LogP contribution in [0.25, 0.3) is 0 Å². The number of halogens is 1. The fourth-order valence-electron chi connectivity index (χ4n) is 1.60. The molecule has 0 spiro atoms. The molecule has 0 saturated heterocycles. The normalized spacial score (nSPS) is 11.7. The first-order valence-electron chi connectivity index (χ1n) is 5.70. The smallest absolute Gasteiger partial charge is 0.276 e. The fourth-order valence-corrected chi connectivity index (χ4v) is 4.34. The summed E-state index contributed by atoms with van der Waals surface area (Å²) < 4.78 is 27.7. The van der Waals surface area contributed by atoms with Gasteiger partial charge in [0.05, 0.1) is 11.1 Å². The average molecular weight is 351 g/mol. The Balaban J connectivity index is 2.04. The molecular formula is C10H11ClN4O4S2. The number of nitro groups is 1. The van der Waals surface area contributed by atoms with E-state index in [2.05, 4.69) is 9.82 Å². The SMILES string of the molecule is Cn1cc(CCNS(=O)(=O)c2cc([N+](=O)[O-])c(Cl)s2)cn1. The quantitative estimate of drug-likeness (QED) is 0.628. The number of aryl methyl sites for hydroxylation is 1. The summed E-state index contributed by atoms with van der Waals surface area (Å²) in [6.07, 6.45) is 3.89. The lowest BCUT2D eigenvalue weighted by atomic mass is 10.3. The van der Waals surface area contributed by atoms with Gasteiger partial charge in [-0.3, -0.25) is 14.8 Å². The Morgan fingerprint density at radius 2 is 2.29 bits per heavy atom. The molecule has 2 heterocycles. The van der Waals surface area contributed by atoms with Crippen LogP contribution in [-0.4, -0.2) is 29.7 Å². The number of nitrogens with one attached hydrogen (secondary N) is 1. The highest BCUT2D eigenvalue weighted by Crippen LogP contribution is 2.35. The Bertz CT molecular complexity index is 768. The van der Waals surface area contributed by atoms with Crippen molar-refractivity contribution in [2.45, 2.75) is 10.6 Å². The molecule has 1 N–H and O–H groups in total. The monoisotopic (exact) mass is 350 g/mol. The molecule has 114 valence electrons. The molecule has 0 aliphatic carbocycles. The van der Waals surface area contributed by atoms with Gasteiger partial charge < -0.3 is 0 Å². The molecule has 0 bridgehead atoms. The Morgan fingerprint density at radius 1 is 1.57 bits per heavy atom. The molecule has 2 rings (SSSR count). The third kappa shape index (κ3) is 3.79. The summed E-state index contributed by atoms with van der Waals surface area (Å²) in [6.45, 7) is 0.164. The summed E-state index contributed by atoms with van der Waals surface area (Å²) in [7, 11) is -2.04. The van der Waals surface area contributed by atoms with Crippen LogP contribution in [-0.2, 0) is 23.5 Å². The van der Waals surface area contributed by atoms with Crippen molar-refractivity contribution < 1.29 is 13.3 Å². The van der Waals surface area contributed by atoms with Gasteiger partial charge in [0, 0.05) is 25.9 Å². The van der Waals surface area contributed by atoms with Crippen molar-refractivity contribution in [3.8, 4) is 0 Å². The lowest BCUT2D eigenvalue weighted by Gasteiger charge is -2.02. The van der Waals surface area contributed by atoms with E-state index in [1.165, 1.54) is 0 Å². The predicted molar refractivity (Wildman–Crippen MR) is 78.1 cm³/mol. The molecule has 0 aromatic carbocycles. The molecule has 0 unspecified atom stereocenters. The summed E-state index contributed by atoms with van der Waals surface area (Å²) in [5.74, 6) is 0. The fraction of sp³-hybridized carbons (Fsp3) is 0.300. The molecule has 0 saturated carbocycles. The molecule has 11 heteroatoms. The number of aromatic nitrogens is 2. The number of hydrogen-bond donors (Lipinski definition) is 1. The summed E-state index contributed by atoms with van der Waals surface area (Å²) in [5, 5.41) is 14.6. The summed E-state index contributed by atoms with van der Waals surface area (Å²) in [4.78, 5) is 9.95. The number of sulfonamides is 1. The van der Waals surface area contributed by atoms with Gasteiger partial charge in [-0.25, -0.2) is 13.1 Å². The molecule has 21 heavy (non-hydrogen) atoms. The zero-order valence-electron chi connectivity index (χ0n) is 10.8. The van der Waals surface area contributed by atoms with E-state index >= 15 is 0 Å². The van der Waals surface area contributed by atoms with E-state index in [-0.39, 0.29) is 15.1 Å². The second-order valence-electron chi connectivity index (χ2n) is 4.15. The molecule has 0 aliphatic heterocycles. The van der Waals surface area contributed by atoms with Crippen LogP contribution in [0.1, 0.15) is 5.56 Å². The van der Waals surface area contributed by atoms with Crippen LogP contribution in [0.4, 0.5) is 5.69 Å². The van der Waals surface area contributed by atoms with Gasteiger partial charge in [0.15, 0.2) is 4.34 Å². The van der Waals surface area contributed by atoms with Crippen LogP contribution in [0.15, 0.2) is 22.7 Å². The summed E-state index contributed by atoms with van der Waals surface area (Å²) >= 11 is 6.31. The van der Waals surface area contributed by atoms with Crippen LogP contribution < -0.4 is 4.72 Å². The molecule has 0 aliphatic rings. The van der Waals surface area contributed by atoms with Gasteiger partial charge in [0.2, 0.25) is 10.0 Å². The van der Waals surface area contributed by atoms with Gasteiger partial charge in [-0.15, -0.1) is 11.3 Å². The molecule has 0 amide bonds. The number of hydrogen-bond acceptors (Lipinski definition) is 6. The van der Waals surface area contributed by atoms with Gasteiger partial charge >= 0.3 is 0 Å². The first-order chi connectivity index (χ1) is 9.79. The van der Waals surface area contributed by atoms with Crippen molar-refractivity contribution in [1.82, 2.24) is 14.5 Å². The van der Waals surface area contributed by atoms with Gasteiger partial charge in [-0.05, 0) is 12.0 Å². The van der Waals surface area contributed by atoms with Crippen molar-refractivity contribution in [2.75, 3.05) is 6.54 Å². The first-order valence-corrected chi connectivity index (χ1v) is 8.38. The minimum atomic E-state index is -3.81. The molecular weight excluding hydrogens is 340 g/mol. The Kier molecular flexibility index (Phi) is 4.61. The second kappa shape index (κ2) is 6.10. The van der Waals surface area contributed by atoms with Crippen LogP contribution in [0, 0.1) is 10.1 Å². The maximum absolute atomic E-state index is 12.0. The lowest BCUT2D eigenvalue weighted by molar-refractivity contribution is -0.384. The molecule has 0 fully saturated rings. The molecule has 2 aromatic rings. The first kappa shape index (κ1) is 15.9. The average Bonchev–Trinajstić information content (AvgIpc) is 2.96. The summed E-state index contributed by atoms with van der Waals surface area (Å²) in [5.41, 5.74) is 0.477. The van der Waals surface area contributed by atoms with Crippen LogP contribution in [0.3, 0.4) is 0 Å². The number of nitrogens with zero attached hydrogens (tertiary/aromatic N) is 3. The molecule has 8 nitrogen and oxygen atoms in total. The highest BCUT2D eigenvalue weighted by molar-refractivity contribution is 7.91. The lowest BCUT2D eigenvalue weighted by Crippen LogP contribution is -2.25. The van der Waals surface area contributed by atoms with Crippen molar-refractivity contribution in [3.05, 3.63) is 38.5 Å². The number of rotatable bonds is 6. The summed E-state index contributed by atoms with van der Waals surface area (Å²) in [6, 6.07) is 0.958. The van der Waals surface area contributed by atoms with Gasteiger partial charge in [-0.2, -0.15) is 5.10 Å². The van der Waals surface area contributed by atoms with E-state index in [9.17, 15) is 18.5 Å². The predicted octanol–water partition coefficient (Wildman–Crippen LogP) is 1.56. The van der Waals surface area contributed by atoms with E-state index in [4.69, 9.17) is 11.6 Å². The maximum Gasteiger partial charge on any atom is 0.300 e. The van der Waals surface area contributed by atoms with E-state index in [1.807, 2.05) is 0 Å². The minimum absolute atomic E-state index is 0.160. The Hall–Kier alpha value is -1.49. The largest absolute Gasteiger partial charge is 0.300 e. The van der Waals surface area contributed by atoms with E-state index < -0.39 is 20.6 Å². The molecule has 0 atom stereocenters. The second-order valence-corrected chi connectivity index (χ2v) is 7.80. The van der Waals surface area contributed by atoms with Crippen molar-refractivity contribution in [1.29, 1.82) is 0 Å². The van der Waals surface area contributed by atoms with Crippen molar-refractivity contribution >= 4 is 38.6 Å². The van der Waals surface area contributed by atoms with E-state index in [0.717, 1.165) is 11.6 Å². The highest BCUT2D eigenvalue weighted by Gasteiger charge is 2.24. The van der Waals surface area contributed by atoms with Crippen LogP contribution in [0.5, 0.6) is 0 Å². The maximum atomic E-state index is 12.0. The van der Waals surface area contributed by atoms with Crippen molar-refractivity contribution in [2.24, 2.45) is 7.05 Å². The highest BCUT2D eigenvalue weighted by atomic mass is 35.5. The third-order valence-corrected chi connectivity index (χ3v) is 5.84. The van der Waals surface area contributed by atoms with Crippen molar-refractivity contribution in [3.63, 3.8) is 0 Å². The zero-order chi connectivity index (χ0) is 15.6. The third-order valence-electron chi connectivity index (χ3n) is 2.57. The zero-order valence-corrected chi connectivity index (χ0v) is 13.2. The minimum Gasteiger partial charge on any atom is -0.276 e. The van der Waals surface area contributed by atoms with E-state index in [1.54, 1.807) is 24.1 Å². The van der Waals surface area contributed by atoms with Crippen LogP contribution >= 0.6 is 22.9 Å². The van der Waals surface area contributed by atoms with Gasteiger partial charge in [0.25, 0.3) is 5.69 Å². The van der Waals surface area contributed by atoms with Gasteiger partial charge in [-0.1, -0.05) is 11.6 Å². The molecule has 2 aromatic heterocycles. The standard InChI is InChI=1S/C10H11ClN4O4S2/c1-14-6-7(5-12-14)2-3-13-21(18,19)9-4-8(15(16)17)10(11)20-9/h4-6,13H,2-3H2,1H3. The molecule has 0 radical (unpaired) electrons. The van der Waals surface area contributed by atoms with Crippen LogP contribution in [0.2, 0.25) is 4.34 Å². The van der Waals surface area contributed by atoms with Gasteiger partial charge in [0.1, 0.15) is 4.21 Å². The Morgan fingerprint density at radius 3 is 2.81 bits per heavy atom. The van der Waals surface area contributed by atoms with E-state index in [0.29, 0.717) is 17.8 Å². The topological polar surface area (TPSA) is 107 Å². The Labute approximate surface area is 129 Å².